The fraction of sp³-hybridized carbons (Fsp3) is 0.467. The van der Waals surface area contributed by atoms with Crippen molar-refractivity contribution >= 4 is 28.6 Å². The van der Waals surface area contributed by atoms with Gasteiger partial charge >= 0.3 is 5.97 Å². The molecular weight excluding hydrogens is 295 g/mol. The summed E-state index contributed by atoms with van der Waals surface area (Å²) in [6, 6.07) is 4.11. The molecule has 21 heavy (non-hydrogen) atoms. The lowest BCUT2D eigenvalue weighted by Crippen LogP contribution is -2.24. The van der Waals surface area contributed by atoms with Crippen LogP contribution in [0.3, 0.4) is 0 Å². The molecule has 1 aromatic carbocycles. The Morgan fingerprint density at radius 2 is 2.19 bits per heavy atom. The van der Waals surface area contributed by atoms with E-state index < -0.39 is 11.9 Å². The van der Waals surface area contributed by atoms with Gasteiger partial charge in [0, 0.05) is 0 Å². The van der Waals surface area contributed by atoms with Crippen LogP contribution in [0.4, 0.5) is 4.39 Å². The molecule has 0 aliphatic carbocycles. The molecule has 0 saturated carbocycles. The quantitative estimate of drug-likeness (QED) is 0.625. The van der Waals surface area contributed by atoms with Crippen molar-refractivity contribution in [3.63, 3.8) is 0 Å². The number of para-hydroxylation sites is 1. The number of nitrogens with zero attached hydrogens (tertiary/aromatic N) is 2. The molecular formula is C15H18ClFN2O2. The van der Waals surface area contributed by atoms with E-state index in [1.165, 1.54) is 13.2 Å². The molecule has 0 fully saturated rings. The molecule has 114 valence electrons. The molecule has 1 heterocycles. The first-order valence-corrected chi connectivity index (χ1v) is 7.32. The first kappa shape index (κ1) is 15.8. The van der Waals surface area contributed by atoms with Crippen LogP contribution in [0.1, 0.15) is 32.1 Å². The van der Waals surface area contributed by atoms with E-state index in [9.17, 15) is 9.18 Å². The van der Waals surface area contributed by atoms with Crippen molar-refractivity contribution in [2.24, 2.45) is 5.92 Å². The lowest BCUT2D eigenvalue weighted by molar-refractivity contribution is -0.145. The number of methoxy groups -OCH3 is 1. The lowest BCUT2D eigenvalue weighted by Gasteiger charge is -2.20. The van der Waals surface area contributed by atoms with Gasteiger partial charge in [-0.2, -0.15) is 0 Å². The van der Waals surface area contributed by atoms with Crippen LogP contribution in [-0.4, -0.2) is 22.6 Å². The van der Waals surface area contributed by atoms with Crippen LogP contribution >= 0.6 is 11.6 Å². The maximum absolute atomic E-state index is 13.9. The van der Waals surface area contributed by atoms with Crippen LogP contribution in [0.25, 0.3) is 11.0 Å². The number of aromatic nitrogens is 2. The van der Waals surface area contributed by atoms with E-state index >= 15 is 0 Å². The molecule has 1 atom stereocenters. The molecule has 0 amide bonds. The molecule has 2 rings (SSSR count). The summed E-state index contributed by atoms with van der Waals surface area (Å²) in [6.45, 7) is 4.02. The van der Waals surface area contributed by atoms with Gasteiger partial charge in [-0.15, -0.1) is 11.6 Å². The van der Waals surface area contributed by atoms with Crippen molar-refractivity contribution in [3.8, 4) is 0 Å². The van der Waals surface area contributed by atoms with E-state index in [0.29, 0.717) is 17.8 Å². The van der Waals surface area contributed by atoms with Gasteiger partial charge in [0.25, 0.3) is 0 Å². The summed E-state index contributed by atoms with van der Waals surface area (Å²) in [5, 5.41) is 0. The SMILES string of the molecule is COC(=O)C(CC(C)C)n1c(CCl)nc2c(F)cccc21. The summed E-state index contributed by atoms with van der Waals surface area (Å²) in [4.78, 5) is 16.4. The average molecular weight is 313 g/mol. The summed E-state index contributed by atoms with van der Waals surface area (Å²) < 4.78 is 20.5. The molecule has 4 nitrogen and oxygen atoms in total. The first-order chi connectivity index (χ1) is 9.99. The van der Waals surface area contributed by atoms with E-state index in [4.69, 9.17) is 16.3 Å². The van der Waals surface area contributed by atoms with Gasteiger partial charge in [0.1, 0.15) is 17.4 Å². The number of fused-ring (bicyclic) bond motifs is 1. The van der Waals surface area contributed by atoms with Gasteiger partial charge in [-0.25, -0.2) is 14.2 Å². The Labute approximate surface area is 127 Å². The molecule has 6 heteroatoms. The second-order valence-corrected chi connectivity index (χ2v) is 5.58. The third-order valence-electron chi connectivity index (χ3n) is 3.34. The number of hydrogen-bond donors (Lipinski definition) is 0. The number of rotatable bonds is 5. The highest BCUT2D eigenvalue weighted by Crippen LogP contribution is 2.28. The number of hydrogen-bond acceptors (Lipinski definition) is 3. The van der Waals surface area contributed by atoms with Crippen molar-refractivity contribution in [2.45, 2.75) is 32.2 Å². The Balaban J connectivity index is 2.65. The highest BCUT2D eigenvalue weighted by molar-refractivity contribution is 6.16. The second kappa shape index (κ2) is 6.43. The molecule has 0 aliphatic heterocycles. The molecule has 0 N–H and O–H groups in total. The maximum atomic E-state index is 13.9. The number of alkyl halides is 1. The Hall–Kier alpha value is -1.62. The number of carbonyl (C=O) groups is 1. The molecule has 2 aromatic rings. The summed E-state index contributed by atoms with van der Waals surface area (Å²) in [5.41, 5.74) is 0.785. The van der Waals surface area contributed by atoms with Crippen LogP contribution in [0.5, 0.6) is 0 Å². The predicted octanol–water partition coefficient (Wildman–Crippen LogP) is 3.67. The summed E-state index contributed by atoms with van der Waals surface area (Å²) in [6.07, 6.45) is 0.568. The number of halogens is 2. The minimum absolute atomic E-state index is 0.0969. The number of esters is 1. The zero-order chi connectivity index (χ0) is 15.6. The summed E-state index contributed by atoms with van der Waals surface area (Å²) >= 11 is 5.93. The third-order valence-corrected chi connectivity index (χ3v) is 3.58. The van der Waals surface area contributed by atoms with Crippen LogP contribution < -0.4 is 0 Å². The second-order valence-electron chi connectivity index (χ2n) is 5.31. The lowest BCUT2D eigenvalue weighted by atomic mass is 10.0. The van der Waals surface area contributed by atoms with E-state index in [0.717, 1.165) is 0 Å². The molecule has 1 aromatic heterocycles. The Morgan fingerprint density at radius 3 is 2.76 bits per heavy atom. The smallest absolute Gasteiger partial charge is 0.328 e. The first-order valence-electron chi connectivity index (χ1n) is 6.78. The minimum Gasteiger partial charge on any atom is -0.467 e. The number of benzene rings is 1. The van der Waals surface area contributed by atoms with Crippen molar-refractivity contribution in [2.75, 3.05) is 7.11 Å². The van der Waals surface area contributed by atoms with Gasteiger partial charge in [-0.05, 0) is 24.5 Å². The number of ether oxygens (including phenoxy) is 1. The van der Waals surface area contributed by atoms with Gasteiger partial charge in [0.15, 0.2) is 5.82 Å². The normalized spacial score (nSPS) is 12.9. The van der Waals surface area contributed by atoms with Crippen LogP contribution in [0.15, 0.2) is 18.2 Å². The Morgan fingerprint density at radius 1 is 1.48 bits per heavy atom. The van der Waals surface area contributed by atoms with Gasteiger partial charge in [-0.3, -0.25) is 0 Å². The van der Waals surface area contributed by atoms with Gasteiger partial charge in [-0.1, -0.05) is 19.9 Å². The van der Waals surface area contributed by atoms with Gasteiger partial charge in [0.05, 0.1) is 18.5 Å². The Kier molecular flexibility index (Phi) is 4.83. The molecule has 0 spiro atoms. The van der Waals surface area contributed by atoms with Gasteiger partial charge in [0.2, 0.25) is 0 Å². The zero-order valence-corrected chi connectivity index (χ0v) is 13.0. The average Bonchev–Trinajstić information content (AvgIpc) is 2.83. The largest absolute Gasteiger partial charge is 0.467 e. The highest BCUT2D eigenvalue weighted by atomic mass is 35.5. The fourth-order valence-electron chi connectivity index (χ4n) is 2.46. The standard InChI is InChI=1S/C15H18ClFN2O2/c1-9(2)7-12(15(20)21-3)19-11-6-4-5-10(17)14(11)18-13(19)8-16/h4-6,9,12H,7-8H2,1-3H3. The van der Waals surface area contributed by atoms with Crippen LogP contribution in [-0.2, 0) is 15.4 Å². The topological polar surface area (TPSA) is 44.1 Å². The van der Waals surface area contributed by atoms with Crippen molar-refractivity contribution in [1.29, 1.82) is 0 Å². The summed E-state index contributed by atoms with van der Waals surface area (Å²) in [5.74, 6) is 0.0280. The van der Waals surface area contributed by atoms with E-state index in [2.05, 4.69) is 4.98 Å². The van der Waals surface area contributed by atoms with E-state index in [1.807, 2.05) is 13.8 Å². The van der Waals surface area contributed by atoms with E-state index in [-0.39, 0.29) is 23.3 Å². The highest BCUT2D eigenvalue weighted by Gasteiger charge is 2.27. The fourth-order valence-corrected chi connectivity index (χ4v) is 2.65. The van der Waals surface area contributed by atoms with Gasteiger partial charge < -0.3 is 9.30 Å². The zero-order valence-electron chi connectivity index (χ0n) is 12.3. The van der Waals surface area contributed by atoms with Crippen LogP contribution in [0.2, 0.25) is 0 Å². The number of imidazole rings is 1. The number of carbonyl (C=O) groups excluding carboxylic acids is 1. The molecule has 0 bridgehead atoms. The molecule has 0 saturated heterocycles. The molecule has 0 radical (unpaired) electrons. The Bertz CT molecular complexity index is 654. The third kappa shape index (κ3) is 3.02. The van der Waals surface area contributed by atoms with Crippen molar-refractivity contribution < 1.29 is 13.9 Å². The predicted molar refractivity (Wildman–Crippen MR) is 79.8 cm³/mol. The minimum atomic E-state index is -0.560. The van der Waals surface area contributed by atoms with Crippen molar-refractivity contribution in [3.05, 3.63) is 29.8 Å². The molecule has 1 unspecified atom stereocenters. The molecule has 0 aliphatic rings. The monoisotopic (exact) mass is 312 g/mol. The van der Waals surface area contributed by atoms with Crippen molar-refractivity contribution in [1.82, 2.24) is 9.55 Å². The summed E-state index contributed by atoms with van der Waals surface area (Å²) in [7, 11) is 1.34. The van der Waals surface area contributed by atoms with Crippen LogP contribution in [0, 0.1) is 11.7 Å². The maximum Gasteiger partial charge on any atom is 0.328 e. The van der Waals surface area contributed by atoms with E-state index in [1.54, 1.807) is 16.7 Å².